The summed E-state index contributed by atoms with van der Waals surface area (Å²) in [4.78, 5) is 0. The highest BCUT2D eigenvalue weighted by Crippen LogP contribution is 2.30. The summed E-state index contributed by atoms with van der Waals surface area (Å²) in [5.74, 6) is 0.298. The van der Waals surface area contributed by atoms with Crippen LogP contribution in [0.25, 0.3) is 11.0 Å². The van der Waals surface area contributed by atoms with Crippen LogP contribution in [-0.4, -0.2) is 0 Å². The lowest BCUT2D eigenvalue weighted by atomic mass is 10.0. The highest BCUT2D eigenvalue weighted by atomic mass is 35.5. The Hall–Kier alpha value is -1.06. The van der Waals surface area contributed by atoms with Crippen LogP contribution in [0.2, 0.25) is 5.02 Å². The van der Waals surface area contributed by atoms with E-state index in [0.29, 0.717) is 11.1 Å². The Labute approximate surface area is 98.2 Å². The van der Waals surface area contributed by atoms with Crippen LogP contribution >= 0.6 is 11.6 Å². The third-order valence-corrected chi connectivity index (χ3v) is 2.94. The zero-order valence-electron chi connectivity index (χ0n) is 9.13. The zero-order chi connectivity index (χ0) is 11.9. The van der Waals surface area contributed by atoms with Gasteiger partial charge in [0.2, 0.25) is 0 Å². The molecule has 1 aromatic carbocycles. The van der Waals surface area contributed by atoms with E-state index in [2.05, 4.69) is 0 Å². The van der Waals surface area contributed by atoms with Gasteiger partial charge in [-0.05, 0) is 24.1 Å². The SMILES string of the molecule is CC(C)C(N)c1cc2ccc(Cl)c(F)c2o1. The molecule has 0 amide bonds. The van der Waals surface area contributed by atoms with Crippen LogP contribution < -0.4 is 5.73 Å². The van der Waals surface area contributed by atoms with Gasteiger partial charge < -0.3 is 10.2 Å². The average Bonchev–Trinajstić information content (AvgIpc) is 2.67. The van der Waals surface area contributed by atoms with Gasteiger partial charge in [-0.2, -0.15) is 0 Å². The molecule has 0 spiro atoms. The molecule has 16 heavy (non-hydrogen) atoms. The summed E-state index contributed by atoms with van der Waals surface area (Å²) in [5, 5.41) is 0.750. The predicted molar refractivity (Wildman–Crippen MR) is 62.9 cm³/mol. The number of halogens is 2. The zero-order valence-corrected chi connectivity index (χ0v) is 9.88. The van der Waals surface area contributed by atoms with Crippen molar-refractivity contribution in [3.63, 3.8) is 0 Å². The molecule has 2 N–H and O–H groups in total. The molecule has 2 aromatic rings. The van der Waals surface area contributed by atoms with Gasteiger partial charge in [-0.1, -0.05) is 25.4 Å². The molecule has 86 valence electrons. The van der Waals surface area contributed by atoms with Crippen molar-refractivity contribution in [1.82, 2.24) is 0 Å². The van der Waals surface area contributed by atoms with Gasteiger partial charge in [0.15, 0.2) is 11.4 Å². The van der Waals surface area contributed by atoms with E-state index < -0.39 is 5.82 Å². The molecule has 0 fully saturated rings. The van der Waals surface area contributed by atoms with Gasteiger partial charge in [0, 0.05) is 5.39 Å². The molecule has 0 bridgehead atoms. The second-order valence-electron chi connectivity index (χ2n) is 4.20. The van der Waals surface area contributed by atoms with Crippen molar-refractivity contribution < 1.29 is 8.81 Å². The molecule has 2 nitrogen and oxygen atoms in total. The molecule has 0 saturated carbocycles. The maximum atomic E-state index is 13.6. The molecule has 0 radical (unpaired) electrons. The number of hydrogen-bond acceptors (Lipinski definition) is 2. The fourth-order valence-corrected chi connectivity index (χ4v) is 1.71. The van der Waals surface area contributed by atoms with Crippen LogP contribution in [0.1, 0.15) is 25.6 Å². The van der Waals surface area contributed by atoms with Gasteiger partial charge in [-0.25, -0.2) is 4.39 Å². The fourth-order valence-electron chi connectivity index (χ4n) is 1.56. The monoisotopic (exact) mass is 241 g/mol. The van der Waals surface area contributed by atoms with E-state index in [4.69, 9.17) is 21.8 Å². The van der Waals surface area contributed by atoms with E-state index in [1.165, 1.54) is 6.07 Å². The minimum absolute atomic E-state index is 0.0616. The fraction of sp³-hybridized carbons (Fsp3) is 0.333. The second kappa shape index (κ2) is 4.07. The summed E-state index contributed by atoms with van der Waals surface area (Å²) in [6.45, 7) is 3.97. The normalized spacial score (nSPS) is 13.6. The van der Waals surface area contributed by atoms with E-state index in [-0.39, 0.29) is 22.6 Å². The molecule has 1 unspecified atom stereocenters. The molecule has 1 heterocycles. The molecule has 0 aliphatic carbocycles. The first-order chi connectivity index (χ1) is 7.50. The van der Waals surface area contributed by atoms with Crippen molar-refractivity contribution in [2.45, 2.75) is 19.9 Å². The Morgan fingerprint density at radius 3 is 2.69 bits per heavy atom. The third kappa shape index (κ3) is 1.81. The van der Waals surface area contributed by atoms with Crippen LogP contribution in [0, 0.1) is 11.7 Å². The van der Waals surface area contributed by atoms with Crippen molar-refractivity contribution in [1.29, 1.82) is 0 Å². The van der Waals surface area contributed by atoms with E-state index in [9.17, 15) is 4.39 Å². The molecular formula is C12H13ClFNO. The first-order valence-corrected chi connectivity index (χ1v) is 5.51. The topological polar surface area (TPSA) is 39.2 Å². The van der Waals surface area contributed by atoms with Gasteiger partial charge in [0.25, 0.3) is 0 Å². The Bertz CT molecular complexity index is 521. The first kappa shape index (κ1) is 11.4. The van der Waals surface area contributed by atoms with E-state index in [1.54, 1.807) is 12.1 Å². The van der Waals surface area contributed by atoms with Gasteiger partial charge in [-0.15, -0.1) is 0 Å². The van der Waals surface area contributed by atoms with Crippen LogP contribution in [0.4, 0.5) is 4.39 Å². The maximum absolute atomic E-state index is 13.6. The Morgan fingerprint density at radius 2 is 2.06 bits per heavy atom. The highest BCUT2D eigenvalue weighted by Gasteiger charge is 2.18. The number of furan rings is 1. The summed E-state index contributed by atoms with van der Waals surface area (Å²) in [6.07, 6.45) is 0. The third-order valence-electron chi connectivity index (χ3n) is 2.64. The standard InChI is InChI=1S/C12H13ClFNO/c1-6(2)11(15)9-5-7-3-4-8(13)10(14)12(7)16-9/h3-6,11H,15H2,1-2H3. The van der Waals surface area contributed by atoms with Crippen LogP contribution in [0.15, 0.2) is 22.6 Å². The second-order valence-corrected chi connectivity index (χ2v) is 4.61. The van der Waals surface area contributed by atoms with Crippen LogP contribution in [-0.2, 0) is 0 Å². The smallest absolute Gasteiger partial charge is 0.184 e. The average molecular weight is 242 g/mol. The van der Waals surface area contributed by atoms with Gasteiger partial charge in [0.1, 0.15) is 5.76 Å². The molecule has 1 atom stereocenters. The van der Waals surface area contributed by atoms with Crippen molar-refractivity contribution in [2.75, 3.05) is 0 Å². The first-order valence-electron chi connectivity index (χ1n) is 5.13. The lowest BCUT2D eigenvalue weighted by Gasteiger charge is -2.11. The van der Waals surface area contributed by atoms with E-state index in [0.717, 1.165) is 0 Å². The molecule has 2 rings (SSSR count). The van der Waals surface area contributed by atoms with Gasteiger partial charge in [-0.3, -0.25) is 0 Å². The Kier molecular flexibility index (Phi) is 2.91. The number of rotatable bonds is 2. The minimum atomic E-state index is -0.527. The largest absolute Gasteiger partial charge is 0.456 e. The number of nitrogens with two attached hydrogens (primary N) is 1. The van der Waals surface area contributed by atoms with Crippen LogP contribution in [0.3, 0.4) is 0 Å². The number of hydrogen-bond donors (Lipinski definition) is 1. The van der Waals surface area contributed by atoms with Crippen molar-refractivity contribution in [3.8, 4) is 0 Å². The summed E-state index contributed by atoms with van der Waals surface area (Å²) in [7, 11) is 0. The maximum Gasteiger partial charge on any atom is 0.184 e. The molecule has 0 aliphatic rings. The van der Waals surface area contributed by atoms with Crippen LogP contribution in [0.5, 0.6) is 0 Å². The van der Waals surface area contributed by atoms with E-state index in [1.807, 2.05) is 13.8 Å². The molecule has 0 saturated heterocycles. The number of benzene rings is 1. The molecule has 4 heteroatoms. The van der Waals surface area contributed by atoms with Crippen molar-refractivity contribution in [3.05, 3.63) is 34.8 Å². The quantitative estimate of drug-likeness (QED) is 0.867. The molecular weight excluding hydrogens is 229 g/mol. The minimum Gasteiger partial charge on any atom is -0.456 e. The summed E-state index contributed by atoms with van der Waals surface area (Å²) < 4.78 is 19.0. The summed E-state index contributed by atoms with van der Waals surface area (Å²) >= 11 is 5.67. The lowest BCUT2D eigenvalue weighted by molar-refractivity contribution is 0.413. The lowest BCUT2D eigenvalue weighted by Crippen LogP contribution is -2.15. The van der Waals surface area contributed by atoms with Crippen molar-refractivity contribution in [2.24, 2.45) is 11.7 Å². The highest BCUT2D eigenvalue weighted by molar-refractivity contribution is 6.31. The van der Waals surface area contributed by atoms with E-state index >= 15 is 0 Å². The summed E-state index contributed by atoms with van der Waals surface area (Å²) in [5.41, 5.74) is 6.12. The van der Waals surface area contributed by atoms with Gasteiger partial charge in [0.05, 0.1) is 11.1 Å². The van der Waals surface area contributed by atoms with Gasteiger partial charge >= 0.3 is 0 Å². The predicted octanol–water partition coefficient (Wildman–Crippen LogP) is 3.88. The molecule has 1 aromatic heterocycles. The number of fused-ring (bicyclic) bond motifs is 1. The van der Waals surface area contributed by atoms with Crippen molar-refractivity contribution >= 4 is 22.6 Å². The Morgan fingerprint density at radius 1 is 1.38 bits per heavy atom. The summed E-state index contributed by atoms with van der Waals surface area (Å²) in [6, 6.07) is 4.77. The molecule has 0 aliphatic heterocycles. The Balaban J connectivity index is 2.56.